The molecule has 0 saturated heterocycles. The van der Waals surface area contributed by atoms with Gasteiger partial charge in [-0.2, -0.15) is 0 Å². The molecule has 7 nitrogen and oxygen atoms in total. The zero-order chi connectivity index (χ0) is 15.4. The lowest BCUT2D eigenvalue weighted by atomic mass is 10.1. The lowest BCUT2D eigenvalue weighted by Gasteiger charge is -2.21. The maximum absolute atomic E-state index is 11.7. The number of nitro benzene ring substituents is 1. The predicted molar refractivity (Wildman–Crippen MR) is 78.5 cm³/mol. The molecule has 1 aromatic carbocycles. The molecule has 2 unspecified atom stereocenters. The first-order valence-electron chi connectivity index (χ1n) is 6.86. The molecule has 1 aromatic rings. The number of methoxy groups -OCH3 is 1. The van der Waals surface area contributed by atoms with Gasteiger partial charge in [0.1, 0.15) is 5.69 Å². The van der Waals surface area contributed by atoms with Crippen molar-refractivity contribution in [3.63, 3.8) is 0 Å². The molecule has 1 saturated carbocycles. The van der Waals surface area contributed by atoms with E-state index in [1.807, 2.05) is 0 Å². The van der Waals surface area contributed by atoms with Crippen molar-refractivity contribution in [1.29, 1.82) is 0 Å². The summed E-state index contributed by atoms with van der Waals surface area (Å²) < 4.78 is 5.38. The SMILES string of the molecule is CNC(=O)c1ccc([N+](=O)[O-])c(NC2CCCC2OC)c1. The van der Waals surface area contributed by atoms with E-state index in [0.717, 1.165) is 19.3 Å². The summed E-state index contributed by atoms with van der Waals surface area (Å²) in [5.41, 5.74) is 0.706. The van der Waals surface area contributed by atoms with Crippen molar-refractivity contribution in [2.45, 2.75) is 31.4 Å². The van der Waals surface area contributed by atoms with Crippen LogP contribution < -0.4 is 10.6 Å². The Labute approximate surface area is 122 Å². The Hall–Kier alpha value is -2.15. The third-order valence-corrected chi connectivity index (χ3v) is 3.78. The summed E-state index contributed by atoms with van der Waals surface area (Å²) in [5.74, 6) is -0.275. The molecule has 0 aliphatic heterocycles. The highest BCUT2D eigenvalue weighted by molar-refractivity contribution is 5.95. The van der Waals surface area contributed by atoms with E-state index in [0.29, 0.717) is 11.3 Å². The number of carbonyl (C=O) groups is 1. The standard InChI is InChI=1S/C14H19N3O4/c1-15-14(18)9-6-7-12(17(19)20)11(8-9)16-10-4-3-5-13(10)21-2/h6-8,10,13,16H,3-5H2,1-2H3,(H,15,18). The zero-order valence-electron chi connectivity index (χ0n) is 12.1. The summed E-state index contributed by atoms with van der Waals surface area (Å²) in [7, 11) is 3.16. The molecule has 2 rings (SSSR count). The smallest absolute Gasteiger partial charge is 0.292 e. The number of hydrogen-bond acceptors (Lipinski definition) is 5. The van der Waals surface area contributed by atoms with Gasteiger partial charge >= 0.3 is 0 Å². The molecule has 1 aliphatic carbocycles. The average Bonchev–Trinajstić information content (AvgIpc) is 2.93. The van der Waals surface area contributed by atoms with E-state index in [9.17, 15) is 14.9 Å². The molecule has 21 heavy (non-hydrogen) atoms. The molecule has 0 bridgehead atoms. The quantitative estimate of drug-likeness (QED) is 0.639. The summed E-state index contributed by atoms with van der Waals surface area (Å²) in [5, 5.41) is 16.8. The number of rotatable bonds is 5. The lowest BCUT2D eigenvalue weighted by Crippen LogP contribution is -2.30. The molecule has 114 valence electrons. The molecule has 7 heteroatoms. The van der Waals surface area contributed by atoms with E-state index in [4.69, 9.17) is 4.74 Å². The normalized spacial score (nSPS) is 21.0. The number of nitrogens with zero attached hydrogens (tertiary/aromatic N) is 1. The molecule has 2 N–H and O–H groups in total. The van der Waals surface area contributed by atoms with Crippen LogP contribution in [-0.2, 0) is 4.74 Å². The van der Waals surface area contributed by atoms with Crippen molar-refractivity contribution in [1.82, 2.24) is 5.32 Å². The summed E-state index contributed by atoms with van der Waals surface area (Å²) in [6, 6.07) is 4.34. The van der Waals surface area contributed by atoms with Gasteiger partial charge in [-0.05, 0) is 31.4 Å². The van der Waals surface area contributed by atoms with Crippen LogP contribution in [0.5, 0.6) is 0 Å². The van der Waals surface area contributed by atoms with Gasteiger partial charge in [0.25, 0.3) is 11.6 Å². The fourth-order valence-electron chi connectivity index (χ4n) is 2.67. The molecule has 0 radical (unpaired) electrons. The van der Waals surface area contributed by atoms with Crippen LogP contribution in [0, 0.1) is 10.1 Å². The molecule has 0 heterocycles. The van der Waals surface area contributed by atoms with Crippen molar-refractivity contribution in [2.75, 3.05) is 19.5 Å². The highest BCUT2D eigenvalue weighted by Crippen LogP contribution is 2.31. The second-order valence-electron chi connectivity index (χ2n) is 5.02. The van der Waals surface area contributed by atoms with Crippen molar-refractivity contribution in [2.24, 2.45) is 0 Å². The second kappa shape index (κ2) is 6.53. The Morgan fingerprint density at radius 3 is 2.81 bits per heavy atom. The monoisotopic (exact) mass is 293 g/mol. The maximum atomic E-state index is 11.7. The summed E-state index contributed by atoms with van der Waals surface area (Å²) >= 11 is 0. The van der Waals surface area contributed by atoms with Crippen LogP contribution in [0.15, 0.2) is 18.2 Å². The third-order valence-electron chi connectivity index (χ3n) is 3.78. The van der Waals surface area contributed by atoms with Gasteiger partial charge in [-0.3, -0.25) is 14.9 Å². The van der Waals surface area contributed by atoms with Gasteiger partial charge in [0, 0.05) is 25.8 Å². The average molecular weight is 293 g/mol. The van der Waals surface area contributed by atoms with Crippen LogP contribution >= 0.6 is 0 Å². The van der Waals surface area contributed by atoms with Gasteiger partial charge in [0.2, 0.25) is 0 Å². The number of anilines is 1. The van der Waals surface area contributed by atoms with Gasteiger partial charge in [-0.1, -0.05) is 0 Å². The molecular formula is C14H19N3O4. The summed E-state index contributed by atoms with van der Waals surface area (Å²) in [6.07, 6.45) is 2.86. The fourth-order valence-corrected chi connectivity index (χ4v) is 2.67. The van der Waals surface area contributed by atoms with Crippen molar-refractivity contribution >= 4 is 17.3 Å². The Balaban J connectivity index is 2.30. The van der Waals surface area contributed by atoms with Crippen molar-refractivity contribution in [3.8, 4) is 0 Å². The largest absolute Gasteiger partial charge is 0.379 e. The van der Waals surface area contributed by atoms with Crippen molar-refractivity contribution < 1.29 is 14.5 Å². The topological polar surface area (TPSA) is 93.5 Å². The van der Waals surface area contributed by atoms with Crippen LogP contribution in [-0.4, -0.2) is 37.1 Å². The molecule has 1 fully saturated rings. The molecule has 0 aromatic heterocycles. The number of ether oxygens (including phenoxy) is 1. The first-order valence-corrected chi connectivity index (χ1v) is 6.86. The lowest BCUT2D eigenvalue weighted by molar-refractivity contribution is -0.384. The number of hydrogen-bond donors (Lipinski definition) is 2. The molecule has 2 atom stereocenters. The third kappa shape index (κ3) is 3.30. The highest BCUT2D eigenvalue weighted by Gasteiger charge is 2.29. The summed E-state index contributed by atoms with van der Waals surface area (Å²) in [6.45, 7) is 0. The molecule has 0 spiro atoms. The van der Waals surface area contributed by atoms with Gasteiger partial charge in [-0.25, -0.2) is 0 Å². The first kappa shape index (κ1) is 15.2. The van der Waals surface area contributed by atoms with E-state index in [1.165, 1.54) is 25.2 Å². The van der Waals surface area contributed by atoms with E-state index < -0.39 is 4.92 Å². The highest BCUT2D eigenvalue weighted by atomic mass is 16.6. The van der Waals surface area contributed by atoms with Crippen LogP contribution in [0.1, 0.15) is 29.6 Å². The van der Waals surface area contributed by atoms with E-state index in [-0.39, 0.29) is 23.7 Å². The number of nitrogens with one attached hydrogen (secondary N) is 2. The zero-order valence-corrected chi connectivity index (χ0v) is 12.1. The Kier molecular flexibility index (Phi) is 4.74. The second-order valence-corrected chi connectivity index (χ2v) is 5.02. The Bertz CT molecular complexity index is 547. The van der Waals surface area contributed by atoms with Crippen molar-refractivity contribution in [3.05, 3.63) is 33.9 Å². The van der Waals surface area contributed by atoms with Crippen LogP contribution in [0.3, 0.4) is 0 Å². The van der Waals surface area contributed by atoms with E-state index in [1.54, 1.807) is 7.11 Å². The van der Waals surface area contributed by atoms with E-state index >= 15 is 0 Å². The van der Waals surface area contributed by atoms with Crippen LogP contribution in [0.2, 0.25) is 0 Å². The Morgan fingerprint density at radius 1 is 1.43 bits per heavy atom. The maximum Gasteiger partial charge on any atom is 0.292 e. The van der Waals surface area contributed by atoms with Gasteiger partial charge < -0.3 is 15.4 Å². The summed E-state index contributed by atoms with van der Waals surface area (Å²) in [4.78, 5) is 22.4. The number of benzene rings is 1. The number of carbonyl (C=O) groups excluding carboxylic acids is 1. The number of nitro groups is 1. The fraction of sp³-hybridized carbons (Fsp3) is 0.500. The minimum atomic E-state index is -0.452. The molecule has 1 amide bonds. The Morgan fingerprint density at radius 2 is 2.19 bits per heavy atom. The molecular weight excluding hydrogens is 274 g/mol. The van der Waals surface area contributed by atoms with Crippen LogP contribution in [0.25, 0.3) is 0 Å². The van der Waals surface area contributed by atoms with Gasteiger partial charge in [0.15, 0.2) is 0 Å². The number of amides is 1. The van der Waals surface area contributed by atoms with Gasteiger partial charge in [-0.15, -0.1) is 0 Å². The molecule has 1 aliphatic rings. The first-order chi connectivity index (χ1) is 10.1. The van der Waals surface area contributed by atoms with Crippen LogP contribution in [0.4, 0.5) is 11.4 Å². The van der Waals surface area contributed by atoms with E-state index in [2.05, 4.69) is 10.6 Å². The predicted octanol–water partition coefficient (Wildman–Crippen LogP) is 1.93. The minimum absolute atomic E-state index is 0.0219. The minimum Gasteiger partial charge on any atom is -0.379 e. The van der Waals surface area contributed by atoms with Gasteiger partial charge in [0.05, 0.1) is 17.1 Å².